The van der Waals surface area contributed by atoms with Crippen LogP contribution in [0, 0.1) is 23.7 Å². The number of allylic oxidation sites excluding steroid dienone is 2. The number of epoxide rings is 1. The van der Waals surface area contributed by atoms with Crippen molar-refractivity contribution in [1.82, 2.24) is 4.90 Å². The smallest absolute Gasteiger partial charge is 0.410 e. The van der Waals surface area contributed by atoms with Crippen molar-refractivity contribution in [3.63, 3.8) is 0 Å². The molecule has 0 spiro atoms. The molecule has 0 aromatic carbocycles. The Hall–Kier alpha value is -2.73. The zero-order valence-electron chi connectivity index (χ0n) is 29.5. The Kier molecular flexibility index (Phi) is 15.4. The number of nitrogens with zero attached hydrogens (tertiary/aromatic N) is 1. The quantitative estimate of drug-likeness (QED) is 0.106. The normalized spacial score (nSPS) is 32.6. The highest BCUT2D eigenvalue weighted by Crippen LogP contribution is 2.39. The molecule has 3 rings (SSSR count). The van der Waals surface area contributed by atoms with Crippen LogP contribution in [0.5, 0.6) is 0 Å². The molecule has 0 aliphatic carbocycles. The third-order valence-corrected chi connectivity index (χ3v) is 9.50. The fraction of sp³-hybridized carbons (Fsp3) is 0.750. The molecule has 11 unspecified atom stereocenters. The number of cyclic esters (lactones) is 1. The van der Waals surface area contributed by atoms with Gasteiger partial charge in [-0.05, 0) is 43.8 Å². The van der Waals surface area contributed by atoms with E-state index in [0.29, 0.717) is 39.1 Å². The fourth-order valence-corrected chi connectivity index (χ4v) is 6.43. The van der Waals surface area contributed by atoms with Crippen LogP contribution in [0.15, 0.2) is 36.0 Å². The van der Waals surface area contributed by atoms with Crippen LogP contribution < -0.4 is 0 Å². The van der Waals surface area contributed by atoms with E-state index in [1.165, 1.54) is 6.92 Å². The van der Waals surface area contributed by atoms with Gasteiger partial charge in [-0.3, -0.25) is 9.59 Å². The van der Waals surface area contributed by atoms with Crippen molar-refractivity contribution in [3.8, 4) is 0 Å². The molecule has 3 aliphatic heterocycles. The minimum Gasteiger partial charge on any atom is -0.458 e. The largest absolute Gasteiger partial charge is 0.458 e. The van der Waals surface area contributed by atoms with Crippen LogP contribution in [0.1, 0.15) is 74.1 Å². The molecule has 2 saturated heterocycles. The summed E-state index contributed by atoms with van der Waals surface area (Å²) < 4.78 is 34.7. The van der Waals surface area contributed by atoms with E-state index in [1.54, 1.807) is 12.0 Å². The first-order valence-electron chi connectivity index (χ1n) is 17.2. The predicted molar refractivity (Wildman–Crippen MR) is 176 cm³/mol. The maximum absolute atomic E-state index is 13.1. The van der Waals surface area contributed by atoms with Crippen LogP contribution in [0.3, 0.4) is 0 Å². The highest BCUT2D eigenvalue weighted by Gasteiger charge is 2.52. The topological polar surface area (TPSA) is 133 Å². The first-order valence-corrected chi connectivity index (χ1v) is 17.2. The average molecular weight is 664 g/mol. The number of morpholine rings is 1. The highest BCUT2D eigenvalue weighted by atomic mass is 16.6. The Morgan fingerprint density at radius 1 is 1.11 bits per heavy atom. The summed E-state index contributed by atoms with van der Waals surface area (Å²) >= 11 is 0. The van der Waals surface area contributed by atoms with Gasteiger partial charge >= 0.3 is 18.0 Å². The Morgan fingerprint density at radius 2 is 1.81 bits per heavy atom. The molecule has 1 amide bonds. The van der Waals surface area contributed by atoms with Crippen molar-refractivity contribution in [2.75, 3.05) is 33.4 Å². The third-order valence-electron chi connectivity index (χ3n) is 9.50. The van der Waals surface area contributed by atoms with Gasteiger partial charge in [-0.1, -0.05) is 58.9 Å². The second kappa shape index (κ2) is 18.7. The molecule has 0 aromatic heterocycles. The summed E-state index contributed by atoms with van der Waals surface area (Å²) in [6.07, 6.45) is 8.12. The van der Waals surface area contributed by atoms with Crippen LogP contribution in [0.2, 0.25) is 0 Å². The zero-order valence-corrected chi connectivity index (χ0v) is 29.5. The number of hydrogen-bond donors (Lipinski definition) is 1. The van der Waals surface area contributed by atoms with Crippen LogP contribution in [0.25, 0.3) is 0 Å². The van der Waals surface area contributed by atoms with Crippen LogP contribution in [0.4, 0.5) is 4.79 Å². The lowest BCUT2D eigenvalue weighted by Crippen LogP contribution is -2.44. The summed E-state index contributed by atoms with van der Waals surface area (Å²) in [5, 5.41) is 10.5. The molecule has 0 aromatic rings. The Bertz CT molecular complexity index is 1110. The fourth-order valence-electron chi connectivity index (χ4n) is 6.43. The summed E-state index contributed by atoms with van der Waals surface area (Å²) in [6.45, 7) is 15.3. The number of ether oxygens (including phenoxy) is 6. The molecule has 11 nitrogen and oxygen atoms in total. The van der Waals surface area contributed by atoms with Crippen molar-refractivity contribution in [2.24, 2.45) is 23.7 Å². The molecule has 0 saturated carbocycles. The monoisotopic (exact) mass is 663 g/mol. The van der Waals surface area contributed by atoms with Gasteiger partial charge in [-0.2, -0.15) is 0 Å². The first kappa shape index (κ1) is 38.7. The molecular formula is C36H57NO10. The van der Waals surface area contributed by atoms with Gasteiger partial charge in [0.2, 0.25) is 0 Å². The van der Waals surface area contributed by atoms with E-state index >= 15 is 0 Å². The number of rotatable bonds is 11. The minimum absolute atomic E-state index is 0.0300. The molecule has 11 atom stereocenters. The SMILES string of the molecule is CCC(OC)C(C)C1OC1C(OC(=O)N1CCOCC1)C(C)/C=C/C=C(\C)C1OC(=O)CC(O)CCC(C)C(OC(C)=O)/C=C/C1C. The second-order valence-corrected chi connectivity index (χ2v) is 13.4. The lowest BCUT2D eigenvalue weighted by Gasteiger charge is -2.29. The van der Waals surface area contributed by atoms with Crippen LogP contribution in [-0.2, 0) is 38.0 Å². The van der Waals surface area contributed by atoms with Gasteiger partial charge in [0.15, 0.2) is 0 Å². The van der Waals surface area contributed by atoms with Crippen LogP contribution in [-0.4, -0.2) is 104 Å². The lowest BCUT2D eigenvalue weighted by atomic mass is 9.91. The summed E-state index contributed by atoms with van der Waals surface area (Å²) in [4.78, 5) is 39.4. The van der Waals surface area contributed by atoms with E-state index in [2.05, 4.69) is 13.8 Å². The minimum atomic E-state index is -0.850. The van der Waals surface area contributed by atoms with Crippen molar-refractivity contribution >= 4 is 18.0 Å². The molecule has 11 heteroatoms. The Balaban J connectivity index is 1.80. The van der Waals surface area contributed by atoms with Crippen molar-refractivity contribution in [3.05, 3.63) is 36.0 Å². The van der Waals surface area contributed by atoms with Gasteiger partial charge in [-0.25, -0.2) is 4.79 Å². The number of esters is 2. The van der Waals surface area contributed by atoms with Gasteiger partial charge in [-0.15, -0.1) is 0 Å². The number of aliphatic hydroxyl groups is 1. The maximum Gasteiger partial charge on any atom is 0.410 e. The Labute approximate surface area is 280 Å². The molecule has 0 radical (unpaired) electrons. The van der Waals surface area contributed by atoms with E-state index < -0.39 is 30.4 Å². The summed E-state index contributed by atoms with van der Waals surface area (Å²) in [5.74, 6) is -1.17. The number of amides is 1. The third kappa shape index (κ3) is 11.7. The van der Waals surface area contributed by atoms with Gasteiger partial charge in [0.05, 0.1) is 37.9 Å². The van der Waals surface area contributed by atoms with Crippen LogP contribution >= 0.6 is 0 Å². The molecule has 1 N–H and O–H groups in total. The number of carbonyl (C=O) groups excluding carboxylic acids is 3. The summed E-state index contributed by atoms with van der Waals surface area (Å²) in [7, 11) is 1.70. The van der Waals surface area contributed by atoms with Crippen molar-refractivity contribution < 1.29 is 47.9 Å². The van der Waals surface area contributed by atoms with E-state index in [4.69, 9.17) is 28.4 Å². The van der Waals surface area contributed by atoms with Gasteiger partial charge in [0.25, 0.3) is 0 Å². The molecule has 2 fully saturated rings. The molecule has 0 bridgehead atoms. The summed E-state index contributed by atoms with van der Waals surface area (Å²) in [6, 6.07) is 0. The number of carbonyl (C=O) groups is 3. The number of methoxy groups -OCH3 is 1. The van der Waals surface area contributed by atoms with Gasteiger partial charge in [0, 0.05) is 44.9 Å². The molecule has 3 heterocycles. The summed E-state index contributed by atoms with van der Waals surface area (Å²) in [5.41, 5.74) is 0.796. The standard InChI is InChI=1S/C36H57NO10/c1-9-29(42-8)26(6)34-35(46-34)33(47-36(41)37-17-19-43-20-18-37)24(4)12-10-11-23(3)32-25(5)14-16-30(44-27(7)38)22(2)13-15-28(39)21-31(40)45-32/h10-12,14,16,22,24-26,28-30,32-35,39H,9,13,15,17-21H2,1-8H3/b12-10+,16-14+,23-11+. The predicted octanol–water partition coefficient (Wildman–Crippen LogP) is 5.01. The van der Waals surface area contributed by atoms with E-state index in [-0.39, 0.29) is 60.5 Å². The number of hydrogen-bond acceptors (Lipinski definition) is 10. The molecule has 47 heavy (non-hydrogen) atoms. The van der Waals surface area contributed by atoms with Gasteiger partial charge < -0.3 is 38.4 Å². The van der Waals surface area contributed by atoms with Crippen molar-refractivity contribution in [1.29, 1.82) is 0 Å². The average Bonchev–Trinajstić information content (AvgIpc) is 3.83. The highest BCUT2D eigenvalue weighted by molar-refractivity contribution is 5.70. The molecular weight excluding hydrogens is 606 g/mol. The van der Waals surface area contributed by atoms with E-state index in [9.17, 15) is 19.5 Å². The van der Waals surface area contributed by atoms with Crippen molar-refractivity contribution in [2.45, 2.75) is 117 Å². The Morgan fingerprint density at radius 3 is 2.45 bits per heavy atom. The second-order valence-electron chi connectivity index (χ2n) is 13.4. The lowest BCUT2D eigenvalue weighted by molar-refractivity contribution is -0.151. The molecule has 3 aliphatic rings. The number of aliphatic hydroxyl groups excluding tert-OH is 1. The maximum atomic E-state index is 13.1. The zero-order chi connectivity index (χ0) is 34.7. The van der Waals surface area contributed by atoms with E-state index in [0.717, 1.165) is 12.0 Å². The van der Waals surface area contributed by atoms with Gasteiger partial charge in [0.1, 0.15) is 24.4 Å². The first-order chi connectivity index (χ1) is 22.4. The van der Waals surface area contributed by atoms with E-state index in [1.807, 2.05) is 58.1 Å². The molecule has 266 valence electrons.